The third kappa shape index (κ3) is 32.7. The van der Waals surface area contributed by atoms with Crippen LogP contribution in [0, 0.1) is 11.8 Å². The summed E-state index contributed by atoms with van der Waals surface area (Å²) >= 11 is 0. The number of nitrogens with zero attached hydrogens (tertiary/aromatic N) is 4. The number of carbonyl (C=O) groups is 12. The first-order valence-corrected chi connectivity index (χ1v) is 34.0. The molecule has 1 aromatic carbocycles. The number of benzene rings is 1. The van der Waals surface area contributed by atoms with Crippen molar-refractivity contribution in [3.8, 4) is 0 Å². The van der Waals surface area contributed by atoms with Crippen molar-refractivity contribution in [2.75, 3.05) is 37.7 Å². The maximum Gasteiger partial charge on any atom is 0.326 e. The molecule has 0 bridgehead atoms. The first-order chi connectivity index (χ1) is 45.8. The SMILES string of the molecule is CC[C@H](C)[C@@H]1NC(=O)[C@H](CCCN=C(N)N)NC(=O)C(CC(=O)O)NC(=O)[C@H]([C@@H](C)CC)NC(=O)[C@H](CCCN=C(N)N)NC(=O)[C@@H](C)NC(=O)[C@@H](NC(=O)[C@@H](N)CCCN=C(N)N)CSSCC(C(=O)N[C@@H](Cc2ccccc2)C(=O)N[C@@H](CCCN=C(N)N)C(=O)O)NC1=O. The molecule has 30 N–H and O–H groups in total. The van der Waals surface area contributed by atoms with Gasteiger partial charge in [-0.3, -0.25) is 72.7 Å². The number of nitrogens with one attached hydrogen (secondary N) is 10. The van der Waals surface area contributed by atoms with E-state index in [9.17, 15) is 67.7 Å². The largest absolute Gasteiger partial charge is 0.481 e. The second kappa shape index (κ2) is 44.4. The van der Waals surface area contributed by atoms with Crippen LogP contribution in [-0.2, 0) is 64.0 Å². The molecule has 2 rings (SSSR count). The minimum absolute atomic E-state index is 0.00326. The fourth-order valence-electron chi connectivity index (χ4n) is 9.20. The average molecular weight is 1410 g/mol. The summed E-state index contributed by atoms with van der Waals surface area (Å²) in [5.41, 5.74) is 50.7. The van der Waals surface area contributed by atoms with Crippen LogP contribution >= 0.6 is 21.6 Å². The van der Waals surface area contributed by atoms with Crippen molar-refractivity contribution >= 4 is 116 Å². The molecule has 10 amide bonds. The smallest absolute Gasteiger partial charge is 0.326 e. The van der Waals surface area contributed by atoms with Crippen molar-refractivity contribution < 1.29 is 67.7 Å². The molecule has 1 heterocycles. The molecule has 542 valence electrons. The van der Waals surface area contributed by atoms with Crippen LogP contribution in [0.4, 0.5) is 0 Å². The molecule has 1 saturated heterocycles. The van der Waals surface area contributed by atoms with E-state index in [2.05, 4.69) is 73.1 Å². The zero-order valence-electron chi connectivity index (χ0n) is 55.2. The van der Waals surface area contributed by atoms with E-state index in [1.165, 1.54) is 6.92 Å². The predicted octanol–water partition coefficient (Wildman–Crippen LogP) is -6.31. The summed E-state index contributed by atoms with van der Waals surface area (Å²) < 4.78 is 0. The second-order valence-corrected chi connectivity index (χ2v) is 25.6. The van der Waals surface area contributed by atoms with Gasteiger partial charge in [0.2, 0.25) is 59.1 Å². The van der Waals surface area contributed by atoms with Crippen molar-refractivity contribution in [3.05, 3.63) is 35.9 Å². The van der Waals surface area contributed by atoms with Gasteiger partial charge in [-0.1, -0.05) is 92.5 Å². The number of carboxylic acid groups (broad SMARTS) is 2. The number of carbonyl (C=O) groups excluding carboxylic acids is 10. The zero-order chi connectivity index (χ0) is 72.9. The van der Waals surface area contributed by atoms with Crippen LogP contribution in [0.5, 0.6) is 0 Å². The van der Waals surface area contributed by atoms with Gasteiger partial charge in [0.1, 0.15) is 60.4 Å². The van der Waals surface area contributed by atoms with Gasteiger partial charge in [-0.25, -0.2) is 4.79 Å². The van der Waals surface area contributed by atoms with E-state index in [0.29, 0.717) is 5.56 Å². The summed E-state index contributed by atoms with van der Waals surface area (Å²) in [5, 5.41) is 45.9. The molecule has 2 unspecified atom stereocenters. The summed E-state index contributed by atoms with van der Waals surface area (Å²) in [4.78, 5) is 185. The van der Waals surface area contributed by atoms with Crippen LogP contribution in [0.1, 0.15) is 111 Å². The summed E-state index contributed by atoms with van der Waals surface area (Å²) in [6.07, 6.45) is -0.958. The Hall–Kier alpha value is -9.40. The van der Waals surface area contributed by atoms with Crippen molar-refractivity contribution in [1.29, 1.82) is 0 Å². The number of aliphatic carboxylic acids is 2. The predicted molar refractivity (Wildman–Crippen MR) is 366 cm³/mol. The van der Waals surface area contributed by atoms with E-state index in [1.54, 1.807) is 58.0 Å². The first kappa shape index (κ1) is 83.7. The lowest BCUT2D eigenvalue weighted by Crippen LogP contribution is -2.62. The quantitative estimate of drug-likeness (QED) is 0.0142. The molecule has 1 aliphatic rings. The third-order valence-electron chi connectivity index (χ3n) is 15.1. The van der Waals surface area contributed by atoms with Crippen molar-refractivity contribution in [3.63, 3.8) is 0 Å². The number of aliphatic imine (C=N–C) groups is 4. The highest BCUT2D eigenvalue weighted by Gasteiger charge is 2.38. The van der Waals surface area contributed by atoms with E-state index in [1.807, 2.05) is 0 Å². The van der Waals surface area contributed by atoms with Gasteiger partial charge in [-0.2, -0.15) is 0 Å². The van der Waals surface area contributed by atoms with Gasteiger partial charge in [-0.05, 0) is 75.7 Å². The highest BCUT2D eigenvalue weighted by molar-refractivity contribution is 8.76. The number of hydrogen-bond donors (Lipinski definition) is 21. The highest BCUT2D eigenvalue weighted by Crippen LogP contribution is 2.24. The molecule has 1 aromatic rings. The Morgan fingerprint density at radius 2 is 1.00 bits per heavy atom. The van der Waals surface area contributed by atoms with Gasteiger partial charge in [0, 0.05) is 44.1 Å². The van der Waals surface area contributed by atoms with Crippen LogP contribution in [0.15, 0.2) is 50.3 Å². The van der Waals surface area contributed by atoms with E-state index in [4.69, 9.17) is 51.6 Å². The number of carboxylic acids is 2. The van der Waals surface area contributed by atoms with Crippen LogP contribution in [0.2, 0.25) is 0 Å². The monoisotopic (exact) mass is 1410 g/mol. The van der Waals surface area contributed by atoms with Gasteiger partial charge in [0.15, 0.2) is 23.8 Å². The van der Waals surface area contributed by atoms with Crippen LogP contribution in [0.25, 0.3) is 0 Å². The molecule has 0 aromatic heterocycles. The normalized spacial score (nSPS) is 21.9. The first-order valence-electron chi connectivity index (χ1n) is 31.5. The molecule has 0 radical (unpaired) electrons. The standard InChI is InChI=1S/C58H99N23O14S2/c1-6-29(3)42-52(92)77-38(26-41(82)83)49(89)74-35(19-13-23-70-57(64)65)47(87)81-43(30(4)7-2)53(93)79-40(51(91)76-37(25-32-15-9-8-10-16-32)48(88)75-36(54(94)95)20-14-24-71-58(66)67)28-97-96-27-39(78-45(85)33(59)17-11-21-68-55(60)61)50(90)72-31(5)44(84)73-34(46(86)80-42)18-12-22-69-56(62)63/h8-10,15-16,29-31,33-40,42-43H,6-7,11-14,17-28,59H2,1-5H3,(H,72,90)(H,73,84)(H,74,89)(H,75,88)(H,76,91)(H,77,92)(H,78,85)(H,79,93)(H,80,86)(H,81,87)(H,82,83)(H,94,95)(H4,60,61,68)(H4,62,63,69)(H4,64,65,70)(H4,66,67,71)/t29-,30-,31+,33-,34-,35-,36-,37-,38?,39-,40?,42-,43-/m0/s1. The van der Waals surface area contributed by atoms with E-state index >= 15 is 0 Å². The molecule has 1 fully saturated rings. The van der Waals surface area contributed by atoms with Crippen molar-refractivity contribution in [2.24, 2.45) is 83.4 Å². The van der Waals surface area contributed by atoms with Gasteiger partial charge in [0.05, 0.1) is 12.5 Å². The van der Waals surface area contributed by atoms with Crippen LogP contribution < -0.4 is 105 Å². The fourth-order valence-corrected chi connectivity index (χ4v) is 11.5. The Morgan fingerprint density at radius 3 is 1.48 bits per heavy atom. The van der Waals surface area contributed by atoms with Gasteiger partial charge >= 0.3 is 11.9 Å². The molecule has 39 heteroatoms. The highest BCUT2D eigenvalue weighted by atomic mass is 33.1. The van der Waals surface area contributed by atoms with Crippen LogP contribution in [-0.4, -0.2) is 209 Å². The fraction of sp³-hybridized carbons (Fsp3) is 0.621. The molecule has 37 nitrogen and oxygen atoms in total. The number of amides is 10. The minimum atomic E-state index is -1.93. The second-order valence-electron chi connectivity index (χ2n) is 23.0. The molecule has 1 aliphatic heterocycles. The Bertz CT molecular complexity index is 2930. The van der Waals surface area contributed by atoms with E-state index in [-0.39, 0.29) is 126 Å². The van der Waals surface area contributed by atoms with E-state index in [0.717, 1.165) is 21.6 Å². The Morgan fingerprint density at radius 1 is 0.546 bits per heavy atom. The van der Waals surface area contributed by atoms with Gasteiger partial charge in [-0.15, -0.1) is 0 Å². The number of nitrogens with two attached hydrogens (primary N) is 9. The minimum Gasteiger partial charge on any atom is -0.481 e. The number of rotatable bonds is 31. The topological polar surface area (TPSA) is 649 Å². The van der Waals surface area contributed by atoms with E-state index < -0.39 is 161 Å². The molecule has 13 atom stereocenters. The lowest BCUT2D eigenvalue weighted by Gasteiger charge is -2.30. The van der Waals surface area contributed by atoms with Gasteiger partial charge < -0.3 is 115 Å². The van der Waals surface area contributed by atoms with Crippen molar-refractivity contribution in [2.45, 2.75) is 178 Å². The van der Waals surface area contributed by atoms with Crippen molar-refractivity contribution in [1.82, 2.24) is 53.2 Å². The molecular weight excluding hydrogens is 1310 g/mol. The average Bonchev–Trinajstić information content (AvgIpc) is 0.934. The van der Waals surface area contributed by atoms with Crippen LogP contribution in [0.3, 0.4) is 0 Å². The maximum atomic E-state index is 14.9. The zero-order valence-corrected chi connectivity index (χ0v) is 56.8. The van der Waals surface area contributed by atoms with Gasteiger partial charge in [0.25, 0.3) is 0 Å². The maximum absolute atomic E-state index is 14.9. The Balaban J connectivity index is 2.99. The third-order valence-corrected chi connectivity index (χ3v) is 17.5. The summed E-state index contributed by atoms with van der Waals surface area (Å²) in [7, 11) is 1.78. The number of guanidine groups is 4. The summed E-state index contributed by atoms with van der Waals surface area (Å²) in [5.74, 6) is -16.1. The lowest BCUT2D eigenvalue weighted by molar-refractivity contribution is -0.142. The molecule has 97 heavy (non-hydrogen) atoms. The lowest BCUT2D eigenvalue weighted by atomic mass is 9.96. The summed E-state index contributed by atoms with van der Waals surface area (Å²) in [6.45, 7) is 7.81. The molecule has 0 spiro atoms. The molecule has 0 aliphatic carbocycles. The number of hydrogen-bond acceptors (Lipinski definition) is 19. The molecular formula is C58H99N23O14S2. The summed E-state index contributed by atoms with van der Waals surface area (Å²) in [6, 6.07) is -8.63. The molecule has 0 saturated carbocycles. The Kier molecular flexibility index (Phi) is 38.3. The Labute approximate surface area is 570 Å².